The van der Waals surface area contributed by atoms with Crippen LogP contribution < -0.4 is 9.46 Å². The molecule has 150 valence electrons. The van der Waals surface area contributed by atoms with Crippen molar-refractivity contribution < 1.29 is 33.0 Å². The first-order chi connectivity index (χ1) is 13.8. The van der Waals surface area contributed by atoms with E-state index in [1.165, 1.54) is 18.2 Å². The van der Waals surface area contributed by atoms with Gasteiger partial charge in [-0.2, -0.15) is 0 Å². The molecular weight excluding hydrogens is 418 g/mol. The SMILES string of the molecule is O=C(O)COc1cc(-c2ccc(NS(=O)(=O)c3ccccc3)cc2)sc1C(=O)O. The number of thiophene rings is 1. The van der Waals surface area contributed by atoms with Gasteiger partial charge in [-0.05, 0) is 35.9 Å². The Hall–Kier alpha value is -3.37. The molecule has 2 aromatic carbocycles. The molecule has 0 atom stereocenters. The van der Waals surface area contributed by atoms with Gasteiger partial charge in [0.1, 0.15) is 5.75 Å². The van der Waals surface area contributed by atoms with Gasteiger partial charge >= 0.3 is 11.9 Å². The minimum atomic E-state index is -3.72. The molecule has 0 aliphatic rings. The number of carboxylic acid groups (broad SMARTS) is 2. The molecule has 0 aliphatic heterocycles. The van der Waals surface area contributed by atoms with Gasteiger partial charge in [-0.15, -0.1) is 11.3 Å². The van der Waals surface area contributed by atoms with Crippen LogP contribution in [0.3, 0.4) is 0 Å². The second-order valence-electron chi connectivity index (χ2n) is 5.79. The molecule has 0 bridgehead atoms. The number of anilines is 1. The predicted octanol–water partition coefficient (Wildman–Crippen LogP) is 3.38. The molecule has 3 rings (SSSR count). The molecule has 3 N–H and O–H groups in total. The molecule has 0 fully saturated rings. The van der Waals surface area contributed by atoms with Crippen molar-refractivity contribution in [1.29, 1.82) is 0 Å². The molecule has 0 amide bonds. The third-order valence-electron chi connectivity index (χ3n) is 3.72. The first kappa shape index (κ1) is 20.4. The monoisotopic (exact) mass is 433 g/mol. The summed E-state index contributed by atoms with van der Waals surface area (Å²) in [7, 11) is -3.72. The zero-order valence-corrected chi connectivity index (χ0v) is 16.4. The van der Waals surface area contributed by atoms with E-state index in [0.717, 1.165) is 11.3 Å². The Morgan fingerprint density at radius 3 is 2.24 bits per heavy atom. The van der Waals surface area contributed by atoms with E-state index in [1.54, 1.807) is 42.5 Å². The van der Waals surface area contributed by atoms with Gasteiger partial charge in [0, 0.05) is 10.6 Å². The first-order valence-electron chi connectivity index (χ1n) is 8.16. The van der Waals surface area contributed by atoms with Crippen molar-refractivity contribution in [2.75, 3.05) is 11.3 Å². The Morgan fingerprint density at radius 2 is 1.66 bits per heavy atom. The fourth-order valence-electron chi connectivity index (χ4n) is 2.43. The van der Waals surface area contributed by atoms with E-state index in [2.05, 4.69) is 4.72 Å². The third kappa shape index (κ3) is 4.92. The van der Waals surface area contributed by atoms with Crippen LogP contribution in [-0.4, -0.2) is 37.2 Å². The van der Waals surface area contributed by atoms with Crippen LogP contribution in [0.15, 0.2) is 65.6 Å². The summed E-state index contributed by atoms with van der Waals surface area (Å²) >= 11 is 0.932. The Kier molecular flexibility index (Phi) is 5.85. The maximum atomic E-state index is 12.4. The van der Waals surface area contributed by atoms with Gasteiger partial charge in [0.2, 0.25) is 0 Å². The topological polar surface area (TPSA) is 130 Å². The minimum Gasteiger partial charge on any atom is -0.480 e. The largest absolute Gasteiger partial charge is 0.480 e. The zero-order chi connectivity index (χ0) is 21.0. The number of aromatic carboxylic acids is 1. The molecule has 1 aromatic heterocycles. The average molecular weight is 433 g/mol. The highest BCUT2D eigenvalue weighted by molar-refractivity contribution is 7.92. The van der Waals surface area contributed by atoms with Crippen molar-refractivity contribution in [2.45, 2.75) is 4.90 Å². The quantitative estimate of drug-likeness (QED) is 0.496. The van der Waals surface area contributed by atoms with E-state index in [9.17, 15) is 23.1 Å². The number of sulfonamides is 1. The molecule has 0 unspecified atom stereocenters. The lowest BCUT2D eigenvalue weighted by Crippen LogP contribution is -2.12. The van der Waals surface area contributed by atoms with E-state index in [1.807, 2.05) is 0 Å². The first-order valence-corrected chi connectivity index (χ1v) is 10.5. The number of hydrogen-bond donors (Lipinski definition) is 3. The van der Waals surface area contributed by atoms with Crippen molar-refractivity contribution in [2.24, 2.45) is 0 Å². The molecule has 0 spiro atoms. The summed E-state index contributed by atoms with van der Waals surface area (Å²) in [5.41, 5.74) is 0.973. The second-order valence-corrected chi connectivity index (χ2v) is 8.52. The van der Waals surface area contributed by atoms with Crippen molar-refractivity contribution in [1.82, 2.24) is 0 Å². The number of rotatable bonds is 8. The van der Waals surface area contributed by atoms with Crippen LogP contribution in [-0.2, 0) is 14.8 Å². The van der Waals surface area contributed by atoms with E-state index >= 15 is 0 Å². The highest BCUT2D eigenvalue weighted by atomic mass is 32.2. The van der Waals surface area contributed by atoms with Crippen molar-refractivity contribution in [3.63, 3.8) is 0 Å². The van der Waals surface area contributed by atoms with Gasteiger partial charge in [-0.3, -0.25) is 4.72 Å². The molecule has 8 nitrogen and oxygen atoms in total. The van der Waals surface area contributed by atoms with Crippen molar-refractivity contribution in [3.8, 4) is 16.2 Å². The molecule has 10 heteroatoms. The predicted molar refractivity (Wildman–Crippen MR) is 107 cm³/mol. The average Bonchev–Trinajstić information content (AvgIpc) is 3.12. The van der Waals surface area contributed by atoms with E-state index in [-0.39, 0.29) is 15.5 Å². The van der Waals surface area contributed by atoms with Crippen molar-refractivity contribution >= 4 is 39.0 Å². The highest BCUT2D eigenvalue weighted by Crippen LogP contribution is 2.37. The number of benzene rings is 2. The summed E-state index contributed by atoms with van der Waals surface area (Å²) in [6.45, 7) is -0.656. The summed E-state index contributed by atoms with van der Waals surface area (Å²) in [6.07, 6.45) is 0. The lowest BCUT2D eigenvalue weighted by Gasteiger charge is -2.08. The molecule has 29 heavy (non-hydrogen) atoms. The van der Waals surface area contributed by atoms with Crippen LogP contribution >= 0.6 is 11.3 Å². The van der Waals surface area contributed by atoms with Crippen LogP contribution in [0.4, 0.5) is 5.69 Å². The Bertz CT molecular complexity index is 1140. The van der Waals surface area contributed by atoms with Gasteiger partial charge in [0.25, 0.3) is 10.0 Å². The minimum absolute atomic E-state index is 0.0336. The van der Waals surface area contributed by atoms with Crippen LogP contribution in [0.5, 0.6) is 5.75 Å². The summed E-state index contributed by atoms with van der Waals surface area (Å²) < 4.78 is 32.2. The van der Waals surface area contributed by atoms with Crippen molar-refractivity contribution in [3.05, 3.63) is 65.5 Å². The van der Waals surface area contributed by atoms with E-state index in [0.29, 0.717) is 16.1 Å². The molecule has 0 aliphatic carbocycles. The smallest absolute Gasteiger partial charge is 0.349 e. The second kappa shape index (κ2) is 8.33. The number of nitrogens with one attached hydrogen (secondary N) is 1. The third-order valence-corrected chi connectivity index (χ3v) is 6.27. The molecule has 1 heterocycles. The summed E-state index contributed by atoms with van der Waals surface area (Å²) in [5.74, 6) is -2.48. The molecular formula is C19H15NO7S2. The van der Waals surface area contributed by atoms with Gasteiger partial charge in [0.05, 0.1) is 4.90 Å². The maximum Gasteiger partial charge on any atom is 0.349 e. The summed E-state index contributed by atoms with van der Waals surface area (Å²) in [5, 5.41) is 18.0. The Labute approximate surface area is 170 Å². The van der Waals surface area contributed by atoms with E-state index < -0.39 is 28.6 Å². The normalized spacial score (nSPS) is 11.0. The van der Waals surface area contributed by atoms with E-state index in [4.69, 9.17) is 9.84 Å². The lowest BCUT2D eigenvalue weighted by atomic mass is 10.2. The zero-order valence-electron chi connectivity index (χ0n) is 14.7. The van der Waals surface area contributed by atoms with Crippen LogP contribution in [0, 0.1) is 0 Å². The van der Waals surface area contributed by atoms with Crippen LogP contribution in [0.25, 0.3) is 10.4 Å². The number of aliphatic carboxylic acids is 1. The van der Waals surface area contributed by atoms with Crippen LogP contribution in [0.1, 0.15) is 9.67 Å². The number of carbonyl (C=O) groups is 2. The fourth-order valence-corrected chi connectivity index (χ4v) is 4.45. The standard InChI is InChI=1S/C19H15NO7S2/c21-17(22)11-27-15-10-16(28-18(15)19(23)24)12-6-8-13(9-7-12)20-29(25,26)14-4-2-1-3-5-14/h1-10,20H,11H2,(H,21,22)(H,23,24). The molecule has 0 saturated heterocycles. The number of ether oxygens (including phenoxy) is 1. The lowest BCUT2D eigenvalue weighted by molar-refractivity contribution is -0.139. The van der Waals surface area contributed by atoms with Gasteiger partial charge in [-0.1, -0.05) is 30.3 Å². The van der Waals surface area contributed by atoms with Gasteiger partial charge < -0.3 is 14.9 Å². The number of carboxylic acids is 2. The maximum absolute atomic E-state index is 12.4. The van der Waals surface area contributed by atoms with Gasteiger partial charge in [-0.25, -0.2) is 18.0 Å². The van der Waals surface area contributed by atoms with Gasteiger partial charge in [0.15, 0.2) is 11.5 Å². The number of hydrogen-bond acceptors (Lipinski definition) is 6. The summed E-state index contributed by atoms with van der Waals surface area (Å²) in [4.78, 5) is 22.6. The van der Waals surface area contributed by atoms with Crippen LogP contribution in [0.2, 0.25) is 0 Å². The highest BCUT2D eigenvalue weighted by Gasteiger charge is 2.19. The fraction of sp³-hybridized carbons (Fsp3) is 0.0526. The Balaban J connectivity index is 1.82. The molecule has 0 saturated carbocycles. The Morgan fingerprint density at radius 1 is 1.00 bits per heavy atom. The summed E-state index contributed by atoms with van der Waals surface area (Å²) in [6, 6.07) is 15.7. The molecule has 3 aromatic rings. The molecule has 0 radical (unpaired) electrons.